The summed E-state index contributed by atoms with van der Waals surface area (Å²) in [6.07, 6.45) is 0.156. The van der Waals surface area contributed by atoms with Crippen LogP contribution in [0.15, 0.2) is 48.5 Å². The minimum atomic E-state index is -0.296. The number of ketones is 1. The highest BCUT2D eigenvalue weighted by atomic mass is 16.5. The van der Waals surface area contributed by atoms with Crippen LogP contribution in [0.5, 0.6) is 0 Å². The zero-order chi connectivity index (χ0) is 18.0. The molecular weight excluding hydrogens is 312 g/mol. The van der Waals surface area contributed by atoms with Gasteiger partial charge >= 0.3 is 5.97 Å². The zero-order valence-electron chi connectivity index (χ0n) is 15.0. The van der Waals surface area contributed by atoms with Gasteiger partial charge in [0.25, 0.3) is 0 Å². The molecule has 1 atom stereocenters. The van der Waals surface area contributed by atoms with E-state index in [0.29, 0.717) is 6.61 Å². The lowest BCUT2D eigenvalue weighted by molar-refractivity contribution is -0.147. The van der Waals surface area contributed by atoms with Gasteiger partial charge in [0.05, 0.1) is 6.42 Å². The molecule has 130 valence electrons. The van der Waals surface area contributed by atoms with Gasteiger partial charge in [-0.2, -0.15) is 0 Å². The summed E-state index contributed by atoms with van der Waals surface area (Å²) in [4.78, 5) is 24.0. The first kappa shape index (κ1) is 17.4. The van der Waals surface area contributed by atoms with Crippen molar-refractivity contribution in [3.05, 3.63) is 59.7 Å². The second kappa shape index (κ2) is 7.22. The van der Waals surface area contributed by atoms with E-state index >= 15 is 0 Å². The zero-order valence-corrected chi connectivity index (χ0v) is 15.0. The average Bonchev–Trinajstić information content (AvgIpc) is 2.91. The van der Waals surface area contributed by atoms with E-state index in [1.165, 1.54) is 22.3 Å². The molecule has 0 radical (unpaired) electrons. The monoisotopic (exact) mass is 336 g/mol. The Morgan fingerprint density at radius 2 is 1.48 bits per heavy atom. The van der Waals surface area contributed by atoms with Gasteiger partial charge in [-0.15, -0.1) is 0 Å². The molecule has 0 fully saturated rings. The highest BCUT2D eigenvalue weighted by Crippen LogP contribution is 2.44. The number of esters is 1. The summed E-state index contributed by atoms with van der Waals surface area (Å²) in [5.74, 6) is -0.320. The van der Waals surface area contributed by atoms with Gasteiger partial charge in [0, 0.05) is 11.8 Å². The van der Waals surface area contributed by atoms with E-state index in [1.807, 2.05) is 38.1 Å². The number of benzene rings is 2. The Labute approximate surface area is 149 Å². The molecule has 0 heterocycles. The molecular formula is C22H24O3. The van der Waals surface area contributed by atoms with Crippen molar-refractivity contribution in [3.8, 4) is 11.1 Å². The molecule has 0 aliphatic heterocycles. The standard InChI is InChI=1S/C22H24O3/c1-14(2)20(15(3)23)12-22(24)25-13-21-18-10-6-4-8-16(18)17-9-5-7-11-19(17)21/h4-11,14,20-21H,12-13H2,1-3H3/t20-/m0/s1. The first-order chi connectivity index (χ1) is 12.0. The first-order valence-electron chi connectivity index (χ1n) is 8.83. The van der Waals surface area contributed by atoms with Crippen molar-refractivity contribution in [1.29, 1.82) is 0 Å². The number of carbonyl (C=O) groups excluding carboxylic acids is 2. The van der Waals surface area contributed by atoms with E-state index in [1.54, 1.807) is 6.92 Å². The van der Waals surface area contributed by atoms with E-state index in [-0.39, 0.29) is 35.9 Å². The number of hydrogen-bond donors (Lipinski definition) is 0. The summed E-state index contributed by atoms with van der Waals surface area (Å²) in [6, 6.07) is 16.5. The Kier molecular flexibility index (Phi) is 5.03. The summed E-state index contributed by atoms with van der Waals surface area (Å²) in [5, 5.41) is 0. The molecule has 2 aromatic carbocycles. The van der Waals surface area contributed by atoms with Crippen molar-refractivity contribution < 1.29 is 14.3 Å². The Balaban J connectivity index is 1.73. The predicted molar refractivity (Wildman–Crippen MR) is 98.3 cm³/mol. The lowest BCUT2D eigenvalue weighted by Crippen LogP contribution is -2.23. The molecule has 3 heteroatoms. The molecule has 25 heavy (non-hydrogen) atoms. The van der Waals surface area contributed by atoms with Crippen molar-refractivity contribution in [2.24, 2.45) is 11.8 Å². The lowest BCUT2D eigenvalue weighted by Gasteiger charge is -2.18. The van der Waals surface area contributed by atoms with E-state index in [0.717, 1.165) is 0 Å². The SMILES string of the molecule is CC(=O)[C@@H](CC(=O)OCC1c2ccccc2-c2ccccc21)C(C)C. The van der Waals surface area contributed by atoms with Crippen molar-refractivity contribution in [3.63, 3.8) is 0 Å². The Bertz CT molecular complexity index is 746. The second-order valence-electron chi connectivity index (χ2n) is 7.08. The van der Waals surface area contributed by atoms with Crippen LogP contribution in [0.1, 0.15) is 44.2 Å². The molecule has 0 N–H and O–H groups in total. The van der Waals surface area contributed by atoms with Crippen LogP contribution in [0.25, 0.3) is 11.1 Å². The minimum absolute atomic E-state index is 0.0449. The topological polar surface area (TPSA) is 43.4 Å². The Hall–Kier alpha value is -2.42. The summed E-state index contributed by atoms with van der Waals surface area (Å²) in [7, 11) is 0. The fraction of sp³-hybridized carbons (Fsp3) is 0.364. The van der Waals surface area contributed by atoms with Gasteiger partial charge in [-0.3, -0.25) is 9.59 Å². The van der Waals surface area contributed by atoms with Gasteiger partial charge in [0.2, 0.25) is 0 Å². The number of Topliss-reactive ketones (excluding diaryl/α,β-unsaturated/α-hetero) is 1. The van der Waals surface area contributed by atoms with Crippen LogP contribution in [0.3, 0.4) is 0 Å². The molecule has 0 unspecified atom stereocenters. The van der Waals surface area contributed by atoms with Crippen molar-refractivity contribution in [2.45, 2.75) is 33.1 Å². The maximum Gasteiger partial charge on any atom is 0.306 e. The molecule has 3 nitrogen and oxygen atoms in total. The molecule has 0 saturated carbocycles. The van der Waals surface area contributed by atoms with Crippen LogP contribution in [-0.4, -0.2) is 18.4 Å². The van der Waals surface area contributed by atoms with E-state index < -0.39 is 0 Å². The number of fused-ring (bicyclic) bond motifs is 3. The van der Waals surface area contributed by atoms with E-state index in [9.17, 15) is 9.59 Å². The highest BCUT2D eigenvalue weighted by Gasteiger charge is 2.30. The van der Waals surface area contributed by atoms with Gasteiger partial charge in [-0.05, 0) is 35.1 Å². The van der Waals surface area contributed by atoms with Crippen molar-refractivity contribution >= 4 is 11.8 Å². The summed E-state index contributed by atoms with van der Waals surface area (Å²) < 4.78 is 5.58. The Morgan fingerprint density at radius 1 is 0.960 bits per heavy atom. The van der Waals surface area contributed by atoms with Crippen LogP contribution in [0, 0.1) is 11.8 Å². The molecule has 0 aromatic heterocycles. The third-order valence-electron chi connectivity index (χ3n) is 5.09. The minimum Gasteiger partial charge on any atom is -0.465 e. The summed E-state index contributed by atoms with van der Waals surface area (Å²) in [5.41, 5.74) is 4.82. The Morgan fingerprint density at radius 3 is 1.96 bits per heavy atom. The maximum absolute atomic E-state index is 12.3. The van der Waals surface area contributed by atoms with Gasteiger partial charge in [0.15, 0.2) is 0 Å². The van der Waals surface area contributed by atoms with Gasteiger partial charge in [-0.25, -0.2) is 0 Å². The molecule has 2 aromatic rings. The summed E-state index contributed by atoms with van der Waals surface area (Å²) in [6.45, 7) is 5.78. The van der Waals surface area contributed by atoms with Gasteiger partial charge in [-0.1, -0.05) is 62.4 Å². The number of ether oxygens (including phenoxy) is 1. The molecule has 0 amide bonds. The maximum atomic E-state index is 12.3. The van der Waals surface area contributed by atoms with Crippen molar-refractivity contribution in [2.75, 3.05) is 6.61 Å². The lowest BCUT2D eigenvalue weighted by atomic mass is 9.89. The number of carbonyl (C=O) groups is 2. The fourth-order valence-corrected chi connectivity index (χ4v) is 3.70. The van der Waals surface area contributed by atoms with Crippen molar-refractivity contribution in [1.82, 2.24) is 0 Å². The predicted octanol–water partition coefficient (Wildman–Crippen LogP) is 4.59. The van der Waals surface area contributed by atoms with Crippen LogP contribution in [0.2, 0.25) is 0 Å². The van der Waals surface area contributed by atoms with Crippen LogP contribution in [0.4, 0.5) is 0 Å². The van der Waals surface area contributed by atoms with Crippen LogP contribution >= 0.6 is 0 Å². The molecule has 0 bridgehead atoms. The first-order valence-corrected chi connectivity index (χ1v) is 8.83. The van der Waals surface area contributed by atoms with E-state index in [2.05, 4.69) is 24.3 Å². The molecule has 1 aliphatic rings. The summed E-state index contributed by atoms with van der Waals surface area (Å²) >= 11 is 0. The average molecular weight is 336 g/mol. The third-order valence-corrected chi connectivity index (χ3v) is 5.09. The normalized spacial score (nSPS) is 14.1. The van der Waals surface area contributed by atoms with Crippen LogP contribution in [-0.2, 0) is 14.3 Å². The molecule has 0 saturated heterocycles. The van der Waals surface area contributed by atoms with Gasteiger partial charge in [0.1, 0.15) is 12.4 Å². The molecule has 0 spiro atoms. The molecule has 1 aliphatic carbocycles. The number of hydrogen-bond acceptors (Lipinski definition) is 3. The third kappa shape index (κ3) is 3.51. The second-order valence-corrected chi connectivity index (χ2v) is 7.08. The fourth-order valence-electron chi connectivity index (χ4n) is 3.70. The van der Waals surface area contributed by atoms with Crippen LogP contribution < -0.4 is 0 Å². The smallest absolute Gasteiger partial charge is 0.306 e. The number of rotatable bonds is 6. The molecule has 3 rings (SSSR count). The van der Waals surface area contributed by atoms with E-state index in [4.69, 9.17) is 4.74 Å². The largest absolute Gasteiger partial charge is 0.465 e. The van der Waals surface area contributed by atoms with Gasteiger partial charge < -0.3 is 4.74 Å². The highest BCUT2D eigenvalue weighted by molar-refractivity contribution is 5.84. The quantitative estimate of drug-likeness (QED) is 0.725.